The smallest absolute Gasteiger partial charge is 0.139 e. The van der Waals surface area contributed by atoms with E-state index in [1.807, 2.05) is 0 Å². The molecular weight excluding hydrogens is 308 g/mol. The van der Waals surface area contributed by atoms with Gasteiger partial charge in [0.15, 0.2) is 0 Å². The van der Waals surface area contributed by atoms with Gasteiger partial charge in [0.2, 0.25) is 0 Å². The summed E-state index contributed by atoms with van der Waals surface area (Å²) in [5.74, 6) is 0.266. The van der Waals surface area contributed by atoms with Crippen LogP contribution < -0.4 is 5.32 Å². The number of rotatable bonds is 12. The van der Waals surface area contributed by atoms with Gasteiger partial charge in [-0.25, -0.2) is 0 Å². The predicted molar refractivity (Wildman–Crippen MR) is 96.2 cm³/mol. The zero-order valence-corrected chi connectivity index (χ0v) is 15.0. The summed E-state index contributed by atoms with van der Waals surface area (Å²) in [7, 11) is 0. The molecule has 1 heterocycles. The molecule has 0 aromatic heterocycles. The van der Waals surface area contributed by atoms with Gasteiger partial charge in [0, 0.05) is 6.54 Å². The van der Waals surface area contributed by atoms with Crippen LogP contribution in [0.5, 0.6) is 0 Å². The van der Waals surface area contributed by atoms with Crippen molar-refractivity contribution in [3.63, 3.8) is 0 Å². The van der Waals surface area contributed by atoms with Crippen molar-refractivity contribution < 1.29 is 20.4 Å². The molecule has 1 fully saturated rings. The summed E-state index contributed by atoms with van der Waals surface area (Å²) < 4.78 is 0. The Balaban J connectivity index is 2.11. The normalized spacial score (nSPS) is 29.0. The van der Waals surface area contributed by atoms with Gasteiger partial charge < -0.3 is 25.7 Å². The average Bonchev–Trinajstić information content (AvgIpc) is 2.59. The third kappa shape index (κ3) is 7.47. The van der Waals surface area contributed by atoms with Gasteiger partial charge in [0.05, 0.1) is 12.6 Å². The molecule has 0 saturated carbocycles. The quantitative estimate of drug-likeness (QED) is 0.344. The molecule has 24 heavy (non-hydrogen) atoms. The predicted octanol–water partition coefficient (Wildman–Crippen LogP) is 1.35. The maximum Gasteiger partial charge on any atom is 0.139 e. The second kappa shape index (κ2) is 12.6. The second-order valence-electron chi connectivity index (χ2n) is 6.81. The van der Waals surface area contributed by atoms with Crippen LogP contribution in [0.3, 0.4) is 0 Å². The number of hydrogen-bond donors (Lipinski definition) is 5. The van der Waals surface area contributed by atoms with Crippen LogP contribution in [0, 0.1) is 0 Å². The topological polar surface area (TPSA) is 105 Å². The van der Waals surface area contributed by atoms with Crippen molar-refractivity contribution in [1.29, 1.82) is 0 Å². The highest BCUT2D eigenvalue weighted by atomic mass is 16.4. The van der Waals surface area contributed by atoms with Crippen molar-refractivity contribution in [3.8, 4) is 0 Å². The molecule has 142 valence electrons. The maximum atomic E-state index is 9.90. The summed E-state index contributed by atoms with van der Waals surface area (Å²) in [6.07, 6.45) is 8.79. The van der Waals surface area contributed by atoms with Crippen molar-refractivity contribution in [2.24, 2.45) is 4.99 Å². The number of aliphatic hydroxyl groups is 4. The van der Waals surface area contributed by atoms with Gasteiger partial charge in [-0.05, 0) is 6.42 Å². The van der Waals surface area contributed by atoms with E-state index in [1.165, 1.54) is 51.4 Å². The van der Waals surface area contributed by atoms with Gasteiger partial charge in [-0.2, -0.15) is 0 Å². The van der Waals surface area contributed by atoms with E-state index in [9.17, 15) is 20.4 Å². The zero-order chi connectivity index (χ0) is 17.8. The molecule has 0 unspecified atom stereocenters. The van der Waals surface area contributed by atoms with Crippen molar-refractivity contribution in [3.05, 3.63) is 0 Å². The summed E-state index contributed by atoms with van der Waals surface area (Å²) in [4.78, 5) is 4.29. The molecule has 1 aliphatic heterocycles. The second-order valence-corrected chi connectivity index (χ2v) is 6.81. The van der Waals surface area contributed by atoms with Crippen LogP contribution in [0.1, 0.15) is 71.1 Å². The molecule has 0 spiro atoms. The molecule has 0 amide bonds. The summed E-state index contributed by atoms with van der Waals surface area (Å²) in [5, 5.41) is 41.3. The monoisotopic (exact) mass is 344 g/mol. The van der Waals surface area contributed by atoms with Crippen molar-refractivity contribution >= 4 is 5.84 Å². The summed E-state index contributed by atoms with van der Waals surface area (Å²) in [5.41, 5.74) is 0. The van der Waals surface area contributed by atoms with Gasteiger partial charge in [-0.1, -0.05) is 64.7 Å². The minimum Gasteiger partial charge on any atom is -0.394 e. The van der Waals surface area contributed by atoms with Gasteiger partial charge in [-0.15, -0.1) is 0 Å². The lowest BCUT2D eigenvalue weighted by atomic mass is 9.95. The highest BCUT2D eigenvalue weighted by molar-refractivity contribution is 5.88. The lowest BCUT2D eigenvalue weighted by Crippen LogP contribution is -2.63. The molecule has 1 aliphatic rings. The van der Waals surface area contributed by atoms with Crippen LogP contribution in [-0.2, 0) is 0 Å². The zero-order valence-electron chi connectivity index (χ0n) is 15.0. The Morgan fingerprint density at radius 3 is 1.92 bits per heavy atom. The number of hydrogen-bond acceptors (Lipinski definition) is 5. The van der Waals surface area contributed by atoms with Gasteiger partial charge in [0.1, 0.15) is 24.1 Å². The number of nitrogens with zero attached hydrogens (tertiary/aromatic N) is 1. The van der Waals surface area contributed by atoms with E-state index in [1.54, 1.807) is 0 Å². The lowest BCUT2D eigenvalue weighted by molar-refractivity contribution is -0.0681. The Labute approximate surface area is 146 Å². The Morgan fingerprint density at radius 1 is 0.833 bits per heavy atom. The number of amidine groups is 1. The van der Waals surface area contributed by atoms with Crippen LogP contribution in [0.2, 0.25) is 0 Å². The molecule has 4 atom stereocenters. The average molecular weight is 344 g/mol. The van der Waals surface area contributed by atoms with Gasteiger partial charge in [0.25, 0.3) is 0 Å². The number of aliphatic imine (C=N–C) groups is 1. The molecule has 0 radical (unpaired) electrons. The van der Waals surface area contributed by atoms with E-state index in [4.69, 9.17) is 0 Å². The molecule has 0 aromatic rings. The lowest BCUT2D eigenvalue weighted by Gasteiger charge is -2.36. The van der Waals surface area contributed by atoms with Crippen molar-refractivity contribution in [2.45, 2.75) is 95.5 Å². The number of aliphatic hydroxyl groups excluding tert-OH is 4. The molecule has 0 aromatic carbocycles. The number of nitrogens with one attached hydrogen (secondary N) is 1. The largest absolute Gasteiger partial charge is 0.394 e. The summed E-state index contributed by atoms with van der Waals surface area (Å²) in [6.45, 7) is 2.50. The Morgan fingerprint density at radius 2 is 1.38 bits per heavy atom. The summed E-state index contributed by atoms with van der Waals surface area (Å²) >= 11 is 0. The molecule has 1 rings (SSSR count). The fourth-order valence-electron chi connectivity index (χ4n) is 3.04. The van der Waals surface area contributed by atoms with Crippen molar-refractivity contribution in [1.82, 2.24) is 5.32 Å². The molecule has 0 aliphatic carbocycles. The highest BCUT2D eigenvalue weighted by Crippen LogP contribution is 2.13. The SMILES string of the molecule is CCCCCCCCCCCCN=C1N[C@H](CO)[C@H](O)[C@H](O)[C@H]1O. The molecular formula is C18H36N2O4. The fraction of sp³-hybridized carbons (Fsp3) is 0.944. The Kier molecular flexibility index (Phi) is 11.2. The maximum absolute atomic E-state index is 9.90. The minimum absolute atomic E-state index is 0.266. The van der Waals surface area contributed by atoms with E-state index in [0.29, 0.717) is 6.54 Å². The molecule has 6 heteroatoms. The number of piperidine rings is 1. The van der Waals surface area contributed by atoms with Crippen LogP contribution in [0.25, 0.3) is 0 Å². The van der Waals surface area contributed by atoms with E-state index in [2.05, 4.69) is 17.2 Å². The van der Waals surface area contributed by atoms with Crippen LogP contribution in [-0.4, -0.2) is 63.8 Å². The fourth-order valence-corrected chi connectivity index (χ4v) is 3.04. The molecule has 0 bridgehead atoms. The first-order chi connectivity index (χ1) is 11.6. The van der Waals surface area contributed by atoms with Gasteiger partial charge >= 0.3 is 0 Å². The third-order valence-corrected chi connectivity index (χ3v) is 4.69. The Bertz CT molecular complexity index is 350. The first-order valence-corrected chi connectivity index (χ1v) is 9.57. The van der Waals surface area contributed by atoms with E-state index in [-0.39, 0.29) is 12.4 Å². The van der Waals surface area contributed by atoms with E-state index in [0.717, 1.165) is 12.8 Å². The van der Waals surface area contributed by atoms with E-state index >= 15 is 0 Å². The first-order valence-electron chi connectivity index (χ1n) is 9.57. The standard InChI is InChI=1S/C18H36N2O4/c1-2-3-4-5-6-7-8-9-10-11-12-19-18-17(24)16(23)15(22)14(13-21)20-18/h14-17,21-24H,2-13H2,1H3,(H,19,20)/t14-,15+,16+,17-/m1/s1. The molecule has 6 nitrogen and oxygen atoms in total. The van der Waals surface area contributed by atoms with Crippen LogP contribution >= 0.6 is 0 Å². The number of unbranched alkanes of at least 4 members (excludes halogenated alkanes) is 9. The first kappa shape index (κ1) is 21.4. The third-order valence-electron chi connectivity index (χ3n) is 4.69. The minimum atomic E-state index is -1.31. The highest BCUT2D eigenvalue weighted by Gasteiger charge is 2.39. The van der Waals surface area contributed by atoms with Gasteiger partial charge in [-0.3, -0.25) is 4.99 Å². The summed E-state index contributed by atoms with van der Waals surface area (Å²) in [6, 6.07) is -0.685. The van der Waals surface area contributed by atoms with Crippen LogP contribution in [0.15, 0.2) is 4.99 Å². The van der Waals surface area contributed by atoms with Crippen molar-refractivity contribution in [2.75, 3.05) is 13.2 Å². The molecule has 5 N–H and O–H groups in total. The van der Waals surface area contributed by atoms with Crippen LogP contribution in [0.4, 0.5) is 0 Å². The molecule has 1 saturated heterocycles. The van der Waals surface area contributed by atoms with E-state index < -0.39 is 24.4 Å². The Hall–Kier alpha value is -0.690.